The maximum Gasteiger partial charge on any atom is 0.323 e. The fourth-order valence-corrected chi connectivity index (χ4v) is 2.84. The van der Waals surface area contributed by atoms with Crippen molar-refractivity contribution in [3.05, 3.63) is 59.3 Å². The maximum atomic E-state index is 13.8. The van der Waals surface area contributed by atoms with E-state index in [4.69, 9.17) is 0 Å². The second-order valence-corrected chi connectivity index (χ2v) is 6.00. The molecule has 3 rings (SSSR count). The molecule has 5 nitrogen and oxygen atoms in total. The van der Waals surface area contributed by atoms with Crippen molar-refractivity contribution >= 4 is 17.9 Å². The zero-order valence-electron chi connectivity index (χ0n) is 13.7. The second kappa shape index (κ2) is 7.38. The number of nitrogens with one attached hydrogen (secondary N) is 1. The highest BCUT2D eigenvalue weighted by atomic mass is 19.2. The summed E-state index contributed by atoms with van der Waals surface area (Å²) in [5.74, 6) is -1.26. The van der Waals surface area contributed by atoms with Gasteiger partial charge >= 0.3 is 6.03 Å². The molecule has 0 saturated carbocycles. The first kappa shape index (κ1) is 17.0. The smallest absolute Gasteiger partial charge is 0.323 e. The number of amides is 2. The van der Waals surface area contributed by atoms with Crippen molar-refractivity contribution < 1.29 is 13.6 Å². The van der Waals surface area contributed by atoms with Crippen LogP contribution in [0.1, 0.15) is 18.9 Å². The minimum Gasteiger partial charge on any atom is -0.324 e. The summed E-state index contributed by atoms with van der Waals surface area (Å²) < 4.78 is 27.2. The highest BCUT2D eigenvalue weighted by Gasteiger charge is 2.25. The monoisotopic (exact) mass is 344 g/mol. The van der Waals surface area contributed by atoms with E-state index in [-0.39, 0.29) is 17.5 Å². The molecule has 2 amide bonds. The van der Waals surface area contributed by atoms with Gasteiger partial charge in [0.1, 0.15) is 0 Å². The lowest BCUT2D eigenvalue weighted by atomic mass is 9.91. The number of hydrogen-bond donors (Lipinski definition) is 1. The first-order valence-corrected chi connectivity index (χ1v) is 8.02. The summed E-state index contributed by atoms with van der Waals surface area (Å²) in [7, 11) is 0. The van der Waals surface area contributed by atoms with E-state index in [0.717, 1.165) is 11.6 Å². The Morgan fingerprint density at radius 2 is 2.16 bits per heavy atom. The first-order chi connectivity index (χ1) is 12.0. The summed E-state index contributed by atoms with van der Waals surface area (Å²) in [5.41, 5.74) is 1.23. The summed E-state index contributed by atoms with van der Waals surface area (Å²) in [5, 5.41) is 10.2. The van der Waals surface area contributed by atoms with Crippen molar-refractivity contribution in [3.8, 4) is 0 Å². The van der Waals surface area contributed by atoms with Gasteiger partial charge in [-0.3, -0.25) is 5.32 Å². The van der Waals surface area contributed by atoms with Crippen LogP contribution in [0.3, 0.4) is 0 Å². The summed E-state index contributed by atoms with van der Waals surface area (Å²) in [6.45, 7) is 2.96. The van der Waals surface area contributed by atoms with Gasteiger partial charge in [0.25, 0.3) is 0 Å². The van der Waals surface area contributed by atoms with Gasteiger partial charge in [-0.15, -0.1) is 5.10 Å². The van der Waals surface area contributed by atoms with Gasteiger partial charge in [0.2, 0.25) is 0 Å². The molecule has 0 spiro atoms. The fraction of sp³-hybridized carbons (Fsp3) is 0.278. The van der Waals surface area contributed by atoms with Gasteiger partial charge in [-0.2, -0.15) is 5.10 Å². The molecule has 1 aliphatic heterocycles. The average Bonchev–Trinajstić information content (AvgIpc) is 2.61. The molecule has 1 unspecified atom stereocenters. The zero-order chi connectivity index (χ0) is 17.8. The minimum absolute atomic E-state index is 0.0454. The van der Waals surface area contributed by atoms with Crippen LogP contribution in [0.4, 0.5) is 19.4 Å². The number of urea groups is 1. The third kappa shape index (κ3) is 3.99. The Balaban J connectivity index is 1.67. The standard InChI is InChI=1S/C18H18F2N4O/c1-12-11-24(18(25)22-16-6-3-8-21-23-16)9-7-13(12)10-14-4-2-5-15(19)17(14)20/h2-6,8,10,12H,7,9,11H2,1H3,(H,22,23,25). The van der Waals surface area contributed by atoms with Gasteiger partial charge in [0.05, 0.1) is 0 Å². The Morgan fingerprint density at radius 1 is 1.32 bits per heavy atom. The largest absolute Gasteiger partial charge is 0.324 e. The van der Waals surface area contributed by atoms with Gasteiger partial charge in [0, 0.05) is 24.8 Å². The normalized spacial score (nSPS) is 19.1. The predicted octanol–water partition coefficient (Wildman–Crippen LogP) is 3.71. The summed E-state index contributed by atoms with van der Waals surface area (Å²) in [6.07, 6.45) is 3.81. The average molecular weight is 344 g/mol. The molecule has 1 N–H and O–H groups in total. The van der Waals surface area contributed by atoms with E-state index in [1.807, 2.05) is 6.92 Å². The van der Waals surface area contributed by atoms with Gasteiger partial charge in [0.15, 0.2) is 17.5 Å². The van der Waals surface area contributed by atoms with Crippen LogP contribution in [0.25, 0.3) is 6.08 Å². The Labute approximate surface area is 144 Å². The molecule has 1 saturated heterocycles. The molecule has 1 aliphatic rings. The second-order valence-electron chi connectivity index (χ2n) is 6.00. The fourth-order valence-electron chi connectivity index (χ4n) is 2.84. The van der Waals surface area contributed by atoms with Crippen LogP contribution >= 0.6 is 0 Å². The van der Waals surface area contributed by atoms with Gasteiger partial charge < -0.3 is 4.90 Å². The third-order valence-electron chi connectivity index (χ3n) is 4.21. The molecule has 0 radical (unpaired) electrons. The lowest BCUT2D eigenvalue weighted by Crippen LogP contribution is -2.42. The molecule has 1 aromatic heterocycles. The Morgan fingerprint density at radius 3 is 2.88 bits per heavy atom. The summed E-state index contributed by atoms with van der Waals surface area (Å²) >= 11 is 0. The number of nitrogens with zero attached hydrogens (tertiary/aromatic N) is 3. The quantitative estimate of drug-likeness (QED) is 0.903. The molecule has 1 aromatic carbocycles. The van der Waals surface area contributed by atoms with Crippen LogP contribution in [0.2, 0.25) is 0 Å². The number of benzene rings is 1. The minimum atomic E-state index is -0.859. The lowest BCUT2D eigenvalue weighted by molar-refractivity contribution is 0.197. The van der Waals surface area contributed by atoms with Crippen molar-refractivity contribution in [2.24, 2.45) is 5.92 Å². The van der Waals surface area contributed by atoms with E-state index < -0.39 is 11.6 Å². The lowest BCUT2D eigenvalue weighted by Gasteiger charge is -2.33. The molecule has 25 heavy (non-hydrogen) atoms. The number of carbonyl (C=O) groups excluding carboxylic acids is 1. The van der Waals surface area contributed by atoms with Crippen LogP contribution < -0.4 is 5.32 Å². The summed E-state index contributed by atoms with van der Waals surface area (Å²) in [4.78, 5) is 14.0. The number of anilines is 1. The first-order valence-electron chi connectivity index (χ1n) is 8.02. The molecular formula is C18H18F2N4O. The molecule has 1 fully saturated rings. The number of likely N-dealkylation sites (tertiary alicyclic amines) is 1. The van der Waals surface area contributed by atoms with E-state index in [1.54, 1.807) is 29.2 Å². The molecule has 2 heterocycles. The Hall–Kier alpha value is -2.83. The third-order valence-corrected chi connectivity index (χ3v) is 4.21. The maximum absolute atomic E-state index is 13.8. The van der Waals surface area contributed by atoms with E-state index >= 15 is 0 Å². The topological polar surface area (TPSA) is 58.1 Å². The number of carbonyl (C=O) groups is 1. The van der Waals surface area contributed by atoms with Crippen molar-refractivity contribution in [3.63, 3.8) is 0 Å². The molecule has 1 atom stereocenters. The van der Waals surface area contributed by atoms with Crippen molar-refractivity contribution in [1.82, 2.24) is 15.1 Å². The number of aromatic nitrogens is 2. The Kier molecular flexibility index (Phi) is 5.02. The molecule has 7 heteroatoms. The Bertz CT molecular complexity index is 795. The molecule has 2 aromatic rings. The van der Waals surface area contributed by atoms with Gasteiger partial charge in [-0.25, -0.2) is 13.6 Å². The molecular weight excluding hydrogens is 326 g/mol. The van der Waals surface area contributed by atoms with Crippen LogP contribution in [-0.4, -0.2) is 34.2 Å². The number of hydrogen-bond acceptors (Lipinski definition) is 3. The highest BCUT2D eigenvalue weighted by molar-refractivity contribution is 5.88. The molecule has 0 aliphatic carbocycles. The summed E-state index contributed by atoms with van der Waals surface area (Å²) in [6, 6.07) is 7.24. The van der Waals surface area contributed by atoms with E-state index in [1.165, 1.54) is 12.3 Å². The van der Waals surface area contributed by atoms with Crippen LogP contribution in [0.5, 0.6) is 0 Å². The van der Waals surface area contributed by atoms with Crippen molar-refractivity contribution in [2.75, 3.05) is 18.4 Å². The van der Waals surface area contributed by atoms with Crippen LogP contribution in [-0.2, 0) is 0 Å². The number of rotatable bonds is 2. The van der Waals surface area contributed by atoms with Crippen molar-refractivity contribution in [2.45, 2.75) is 13.3 Å². The van der Waals surface area contributed by atoms with Crippen LogP contribution in [0.15, 0.2) is 42.1 Å². The number of halogens is 2. The van der Waals surface area contributed by atoms with Crippen LogP contribution in [0, 0.1) is 17.6 Å². The number of piperidine rings is 1. The highest BCUT2D eigenvalue weighted by Crippen LogP contribution is 2.26. The van der Waals surface area contributed by atoms with E-state index in [2.05, 4.69) is 15.5 Å². The SMILES string of the molecule is CC1CN(C(=O)Nc2cccnn2)CCC1=Cc1cccc(F)c1F. The van der Waals surface area contributed by atoms with E-state index in [0.29, 0.717) is 25.3 Å². The zero-order valence-corrected chi connectivity index (χ0v) is 13.7. The van der Waals surface area contributed by atoms with Gasteiger partial charge in [-0.05, 0) is 30.5 Å². The molecule has 130 valence electrons. The predicted molar refractivity (Wildman–Crippen MR) is 90.7 cm³/mol. The van der Waals surface area contributed by atoms with Gasteiger partial charge in [-0.1, -0.05) is 30.7 Å². The van der Waals surface area contributed by atoms with E-state index in [9.17, 15) is 13.6 Å². The molecule has 0 bridgehead atoms. The van der Waals surface area contributed by atoms with Crippen molar-refractivity contribution in [1.29, 1.82) is 0 Å².